The molecular formula is C23H23FN4O2. The van der Waals surface area contributed by atoms with Crippen molar-refractivity contribution in [3.63, 3.8) is 0 Å². The number of hydrogen-bond acceptors (Lipinski definition) is 5. The Morgan fingerprint density at radius 3 is 2.33 bits per heavy atom. The van der Waals surface area contributed by atoms with Gasteiger partial charge in [0.2, 0.25) is 0 Å². The van der Waals surface area contributed by atoms with Crippen LogP contribution in [0.2, 0.25) is 0 Å². The molecule has 0 spiro atoms. The number of halogens is 1. The third-order valence-electron chi connectivity index (χ3n) is 5.92. The lowest BCUT2D eigenvalue weighted by Crippen LogP contribution is -2.48. The number of nitrogens with zero attached hydrogens (tertiary/aromatic N) is 4. The van der Waals surface area contributed by atoms with Gasteiger partial charge in [-0.25, -0.2) is 14.4 Å². The van der Waals surface area contributed by atoms with E-state index >= 15 is 0 Å². The standard InChI is InChI=1S/C23H23FN4O2/c24-18-5-8-22(26-13-18)27-11-9-20(10-12-27)28(19-6-7-19)23(29)17-3-1-16(2-4-17)21-14-25-15-30-21/h1-5,8,13-15,19-20H,6-7,9-12H2. The molecule has 6 nitrogen and oxygen atoms in total. The summed E-state index contributed by atoms with van der Waals surface area (Å²) in [5.74, 6) is 1.26. The van der Waals surface area contributed by atoms with Gasteiger partial charge >= 0.3 is 0 Å². The molecule has 0 unspecified atom stereocenters. The Kier molecular flexibility index (Phi) is 4.94. The molecule has 1 aliphatic heterocycles. The van der Waals surface area contributed by atoms with E-state index in [-0.39, 0.29) is 17.8 Å². The molecule has 30 heavy (non-hydrogen) atoms. The number of amides is 1. The molecule has 2 fully saturated rings. The highest BCUT2D eigenvalue weighted by atomic mass is 19.1. The molecule has 1 aliphatic carbocycles. The predicted octanol–water partition coefficient (Wildman–Crippen LogP) is 4.15. The third-order valence-corrected chi connectivity index (χ3v) is 5.92. The average molecular weight is 406 g/mol. The number of piperidine rings is 1. The van der Waals surface area contributed by atoms with E-state index in [9.17, 15) is 9.18 Å². The molecule has 1 saturated carbocycles. The van der Waals surface area contributed by atoms with E-state index in [2.05, 4.69) is 19.8 Å². The van der Waals surface area contributed by atoms with E-state index in [1.807, 2.05) is 24.3 Å². The second-order valence-electron chi connectivity index (χ2n) is 7.94. The topological polar surface area (TPSA) is 62.5 Å². The third kappa shape index (κ3) is 3.79. The Bertz CT molecular complexity index is 993. The molecular weight excluding hydrogens is 383 g/mol. The minimum atomic E-state index is -0.325. The Hall–Kier alpha value is -3.22. The van der Waals surface area contributed by atoms with Crippen molar-refractivity contribution >= 4 is 11.7 Å². The number of hydrogen-bond donors (Lipinski definition) is 0. The summed E-state index contributed by atoms with van der Waals surface area (Å²) < 4.78 is 18.5. The minimum absolute atomic E-state index is 0.0972. The largest absolute Gasteiger partial charge is 0.444 e. The van der Waals surface area contributed by atoms with Crippen molar-refractivity contribution in [1.82, 2.24) is 14.9 Å². The Balaban J connectivity index is 1.28. The molecule has 3 aromatic rings. The maximum atomic E-state index is 13.3. The summed E-state index contributed by atoms with van der Waals surface area (Å²) in [6.07, 6.45) is 8.23. The predicted molar refractivity (Wildman–Crippen MR) is 111 cm³/mol. The number of carbonyl (C=O) groups is 1. The van der Waals surface area contributed by atoms with Crippen molar-refractivity contribution in [3.8, 4) is 11.3 Å². The minimum Gasteiger partial charge on any atom is -0.444 e. The van der Waals surface area contributed by atoms with E-state index in [1.165, 1.54) is 18.7 Å². The summed E-state index contributed by atoms with van der Waals surface area (Å²) in [6.45, 7) is 1.62. The summed E-state index contributed by atoms with van der Waals surface area (Å²) in [4.78, 5) is 25.7. The molecule has 0 bridgehead atoms. The second kappa shape index (κ2) is 7.89. The summed E-state index contributed by atoms with van der Waals surface area (Å²) in [5.41, 5.74) is 1.61. The van der Waals surface area contributed by atoms with E-state index in [4.69, 9.17) is 4.42 Å². The smallest absolute Gasteiger partial charge is 0.254 e. The van der Waals surface area contributed by atoms with Crippen LogP contribution in [-0.2, 0) is 0 Å². The van der Waals surface area contributed by atoms with Gasteiger partial charge in [0.25, 0.3) is 5.91 Å². The lowest BCUT2D eigenvalue weighted by Gasteiger charge is -2.39. The molecule has 7 heteroatoms. The van der Waals surface area contributed by atoms with Gasteiger partial charge in [-0.3, -0.25) is 4.79 Å². The zero-order valence-electron chi connectivity index (χ0n) is 16.6. The second-order valence-corrected chi connectivity index (χ2v) is 7.94. The van der Waals surface area contributed by atoms with Gasteiger partial charge in [-0.05, 0) is 49.9 Å². The number of pyridine rings is 1. The molecule has 2 aliphatic rings. The van der Waals surface area contributed by atoms with Crippen LogP contribution in [0.1, 0.15) is 36.0 Å². The lowest BCUT2D eigenvalue weighted by molar-refractivity contribution is 0.0630. The zero-order chi connectivity index (χ0) is 20.5. The van der Waals surface area contributed by atoms with Crippen LogP contribution in [0.5, 0.6) is 0 Å². The Morgan fingerprint density at radius 2 is 1.73 bits per heavy atom. The molecule has 0 N–H and O–H groups in total. The normalized spacial score (nSPS) is 17.2. The number of aromatic nitrogens is 2. The van der Waals surface area contributed by atoms with Crippen molar-refractivity contribution < 1.29 is 13.6 Å². The molecule has 0 radical (unpaired) electrons. The summed E-state index contributed by atoms with van der Waals surface area (Å²) in [6, 6.07) is 11.3. The SMILES string of the molecule is O=C(c1ccc(-c2cnco2)cc1)N(C1CC1)C1CCN(c2ccc(F)cn2)CC1. The van der Waals surface area contributed by atoms with Gasteiger partial charge in [0.15, 0.2) is 12.2 Å². The molecule has 1 amide bonds. The van der Waals surface area contributed by atoms with Crippen molar-refractivity contribution in [2.75, 3.05) is 18.0 Å². The van der Waals surface area contributed by atoms with Crippen LogP contribution in [0, 0.1) is 5.82 Å². The van der Waals surface area contributed by atoms with Gasteiger partial charge in [-0.1, -0.05) is 12.1 Å². The summed E-state index contributed by atoms with van der Waals surface area (Å²) in [5, 5.41) is 0. The number of carbonyl (C=O) groups excluding carboxylic acids is 1. The van der Waals surface area contributed by atoms with Gasteiger partial charge in [0, 0.05) is 36.3 Å². The van der Waals surface area contributed by atoms with Crippen molar-refractivity contribution in [2.24, 2.45) is 0 Å². The maximum Gasteiger partial charge on any atom is 0.254 e. The van der Waals surface area contributed by atoms with E-state index in [1.54, 1.807) is 12.3 Å². The zero-order valence-corrected chi connectivity index (χ0v) is 16.6. The van der Waals surface area contributed by atoms with Crippen molar-refractivity contribution in [1.29, 1.82) is 0 Å². The summed E-state index contributed by atoms with van der Waals surface area (Å²) >= 11 is 0. The van der Waals surface area contributed by atoms with Crippen LogP contribution in [0.4, 0.5) is 10.2 Å². The van der Waals surface area contributed by atoms with E-state index in [0.29, 0.717) is 17.4 Å². The quantitative estimate of drug-likeness (QED) is 0.637. The van der Waals surface area contributed by atoms with Gasteiger partial charge in [0.1, 0.15) is 11.6 Å². The molecule has 154 valence electrons. The van der Waals surface area contributed by atoms with Gasteiger partial charge in [-0.2, -0.15) is 0 Å². The van der Waals surface area contributed by atoms with Crippen LogP contribution in [0.25, 0.3) is 11.3 Å². The van der Waals surface area contributed by atoms with Gasteiger partial charge < -0.3 is 14.2 Å². The lowest BCUT2D eigenvalue weighted by atomic mass is 10.0. The first-order valence-electron chi connectivity index (χ1n) is 10.4. The molecule has 0 atom stereocenters. The fraction of sp³-hybridized carbons (Fsp3) is 0.348. The Labute approximate surface area is 174 Å². The average Bonchev–Trinajstić information content (AvgIpc) is 3.46. The number of anilines is 1. The number of rotatable bonds is 5. The van der Waals surface area contributed by atoms with Crippen LogP contribution in [0.3, 0.4) is 0 Å². The molecule has 1 aromatic carbocycles. The fourth-order valence-electron chi connectivity index (χ4n) is 4.20. The Morgan fingerprint density at radius 1 is 1.00 bits per heavy atom. The van der Waals surface area contributed by atoms with Crippen molar-refractivity contribution in [2.45, 2.75) is 37.8 Å². The first-order chi connectivity index (χ1) is 14.7. The molecule has 1 saturated heterocycles. The number of benzene rings is 1. The van der Waals surface area contributed by atoms with Crippen LogP contribution < -0.4 is 4.90 Å². The molecule has 3 heterocycles. The van der Waals surface area contributed by atoms with Crippen LogP contribution in [-0.4, -0.2) is 45.9 Å². The van der Waals surface area contributed by atoms with Crippen molar-refractivity contribution in [3.05, 3.63) is 66.6 Å². The molecule has 5 rings (SSSR count). The maximum absolute atomic E-state index is 13.3. The fourth-order valence-corrected chi connectivity index (χ4v) is 4.20. The highest BCUT2D eigenvalue weighted by Gasteiger charge is 2.39. The molecule has 2 aromatic heterocycles. The first-order valence-corrected chi connectivity index (χ1v) is 10.4. The van der Waals surface area contributed by atoms with Gasteiger partial charge in [0.05, 0.1) is 12.4 Å². The van der Waals surface area contributed by atoms with Crippen LogP contribution in [0.15, 0.2) is 59.6 Å². The van der Waals surface area contributed by atoms with Gasteiger partial charge in [-0.15, -0.1) is 0 Å². The van der Waals surface area contributed by atoms with Crippen LogP contribution >= 0.6 is 0 Å². The highest BCUT2D eigenvalue weighted by molar-refractivity contribution is 5.95. The number of oxazole rings is 1. The first kappa shape index (κ1) is 18.8. The van der Waals surface area contributed by atoms with E-state index in [0.717, 1.165) is 50.2 Å². The summed E-state index contributed by atoms with van der Waals surface area (Å²) in [7, 11) is 0. The van der Waals surface area contributed by atoms with E-state index < -0.39 is 0 Å². The highest BCUT2D eigenvalue weighted by Crippen LogP contribution is 2.34. The monoisotopic (exact) mass is 406 g/mol.